The van der Waals surface area contributed by atoms with Gasteiger partial charge in [-0.1, -0.05) is 42.5 Å². The highest BCUT2D eigenvalue weighted by molar-refractivity contribution is 5.61. The summed E-state index contributed by atoms with van der Waals surface area (Å²) >= 11 is 0. The lowest BCUT2D eigenvalue weighted by atomic mass is 10.0. The van der Waals surface area contributed by atoms with Gasteiger partial charge in [-0.2, -0.15) is 0 Å². The van der Waals surface area contributed by atoms with E-state index < -0.39 is 0 Å². The van der Waals surface area contributed by atoms with Crippen LogP contribution >= 0.6 is 0 Å². The van der Waals surface area contributed by atoms with Gasteiger partial charge in [0.15, 0.2) is 0 Å². The number of fused-ring (bicyclic) bond motifs is 1. The molecule has 1 N–H and O–H groups in total. The number of rotatable bonds is 6. The minimum atomic E-state index is -0.288. The number of nitrogens with zero attached hydrogens (tertiary/aromatic N) is 4. The van der Waals surface area contributed by atoms with Gasteiger partial charge in [-0.3, -0.25) is 9.48 Å². The minimum absolute atomic E-state index is 0.00685. The lowest BCUT2D eigenvalue weighted by Gasteiger charge is -2.15. The summed E-state index contributed by atoms with van der Waals surface area (Å²) in [4.78, 5) is 22.3. The van der Waals surface area contributed by atoms with Gasteiger partial charge in [-0.15, -0.1) is 0 Å². The Bertz CT molecular complexity index is 1290. The van der Waals surface area contributed by atoms with Gasteiger partial charge in [0.1, 0.15) is 5.82 Å². The Balaban J connectivity index is 1.52. The average Bonchev–Trinajstić information content (AvgIpc) is 3.38. The number of anilines is 1. The van der Waals surface area contributed by atoms with Gasteiger partial charge in [0.2, 0.25) is 5.95 Å². The third-order valence-corrected chi connectivity index (χ3v) is 5.91. The molecule has 1 unspecified atom stereocenters. The van der Waals surface area contributed by atoms with Crippen LogP contribution in [0.3, 0.4) is 0 Å². The summed E-state index contributed by atoms with van der Waals surface area (Å²) < 4.78 is 17.2. The van der Waals surface area contributed by atoms with Crippen molar-refractivity contribution >= 4 is 5.95 Å². The molecule has 3 heterocycles. The van der Waals surface area contributed by atoms with Gasteiger partial charge < -0.3 is 5.32 Å². The molecule has 0 bridgehead atoms. The smallest absolute Gasteiger partial charge is 0.270 e. The van der Waals surface area contributed by atoms with Crippen LogP contribution in [-0.2, 0) is 19.5 Å². The Morgan fingerprint density at radius 2 is 1.78 bits per heavy atom. The third-order valence-electron chi connectivity index (χ3n) is 5.91. The standard InChI is InChI=1S/C25H24FN5O/c1-17(19-6-3-2-4-7-19)28-25-27-13-12-22(29-25)23-21(16-18-8-10-20(26)11-9-18)24(32)31-15-5-14-30(23)31/h2-4,6-13,17H,5,14-16H2,1H3,(H,27,28,29). The molecule has 0 saturated heterocycles. The highest BCUT2D eigenvalue weighted by atomic mass is 19.1. The lowest BCUT2D eigenvalue weighted by molar-refractivity contribution is 0.598. The van der Waals surface area contributed by atoms with E-state index in [-0.39, 0.29) is 17.4 Å². The van der Waals surface area contributed by atoms with Crippen LogP contribution in [0.5, 0.6) is 0 Å². The summed E-state index contributed by atoms with van der Waals surface area (Å²) in [5, 5.41) is 3.36. The van der Waals surface area contributed by atoms with E-state index in [9.17, 15) is 9.18 Å². The first kappa shape index (κ1) is 20.2. The topological polar surface area (TPSA) is 64.7 Å². The van der Waals surface area contributed by atoms with E-state index in [2.05, 4.69) is 29.4 Å². The highest BCUT2D eigenvalue weighted by Gasteiger charge is 2.25. The fraction of sp³-hybridized carbons (Fsp3) is 0.240. The van der Waals surface area contributed by atoms with Crippen molar-refractivity contribution < 1.29 is 4.39 Å². The van der Waals surface area contributed by atoms with Crippen molar-refractivity contribution in [3.8, 4) is 11.4 Å². The second-order valence-corrected chi connectivity index (χ2v) is 8.08. The summed E-state index contributed by atoms with van der Waals surface area (Å²) in [6, 6.07) is 18.3. The fourth-order valence-corrected chi connectivity index (χ4v) is 4.30. The van der Waals surface area contributed by atoms with E-state index in [0.717, 1.165) is 29.8 Å². The van der Waals surface area contributed by atoms with Crippen molar-refractivity contribution in [2.45, 2.75) is 38.9 Å². The maximum atomic E-state index is 13.4. The first-order chi connectivity index (χ1) is 15.6. The number of hydrogen-bond donors (Lipinski definition) is 1. The van der Waals surface area contributed by atoms with Crippen LogP contribution in [-0.4, -0.2) is 19.3 Å². The number of halogens is 1. The van der Waals surface area contributed by atoms with E-state index in [1.54, 1.807) is 23.0 Å². The molecule has 0 amide bonds. The van der Waals surface area contributed by atoms with E-state index in [1.165, 1.54) is 12.1 Å². The van der Waals surface area contributed by atoms with Crippen LogP contribution in [0.4, 0.5) is 10.3 Å². The minimum Gasteiger partial charge on any atom is -0.348 e. The molecule has 7 heteroatoms. The zero-order valence-corrected chi connectivity index (χ0v) is 17.8. The Morgan fingerprint density at radius 3 is 2.56 bits per heavy atom. The zero-order chi connectivity index (χ0) is 22.1. The molecule has 4 aromatic rings. The summed E-state index contributed by atoms with van der Waals surface area (Å²) in [6.07, 6.45) is 3.06. The number of nitrogens with one attached hydrogen (secondary N) is 1. The average molecular weight is 429 g/mol. The molecule has 32 heavy (non-hydrogen) atoms. The van der Waals surface area contributed by atoms with Gasteiger partial charge in [-0.05, 0) is 42.7 Å². The second kappa shape index (κ2) is 8.42. The number of hydrogen-bond acceptors (Lipinski definition) is 4. The van der Waals surface area contributed by atoms with Gasteiger partial charge in [0.25, 0.3) is 5.56 Å². The molecule has 0 aliphatic carbocycles. The van der Waals surface area contributed by atoms with Crippen LogP contribution in [0, 0.1) is 5.82 Å². The van der Waals surface area contributed by atoms with E-state index in [1.807, 2.05) is 28.9 Å². The Morgan fingerprint density at radius 1 is 1.03 bits per heavy atom. The van der Waals surface area contributed by atoms with Crippen LogP contribution in [0.25, 0.3) is 11.4 Å². The Labute approximate surface area is 185 Å². The molecule has 0 spiro atoms. The normalized spacial score (nSPS) is 13.7. The molecular weight excluding hydrogens is 405 g/mol. The number of benzene rings is 2. The van der Waals surface area contributed by atoms with Crippen molar-refractivity contribution in [2.24, 2.45) is 0 Å². The SMILES string of the molecule is CC(Nc1nccc(-c2c(Cc3ccc(F)cc3)c(=O)n3n2CCC3)n1)c1ccccc1. The molecule has 1 atom stereocenters. The van der Waals surface area contributed by atoms with Crippen LogP contribution in [0.15, 0.2) is 71.7 Å². The first-order valence-electron chi connectivity index (χ1n) is 10.8. The zero-order valence-electron chi connectivity index (χ0n) is 17.8. The van der Waals surface area contributed by atoms with Crippen molar-refractivity contribution in [1.29, 1.82) is 0 Å². The highest BCUT2D eigenvalue weighted by Crippen LogP contribution is 2.27. The van der Waals surface area contributed by atoms with Crippen molar-refractivity contribution in [2.75, 3.05) is 5.32 Å². The largest absolute Gasteiger partial charge is 0.348 e. The predicted octanol–water partition coefficient (Wildman–Crippen LogP) is 4.41. The van der Waals surface area contributed by atoms with Crippen molar-refractivity contribution in [3.63, 3.8) is 0 Å². The second-order valence-electron chi connectivity index (χ2n) is 8.08. The lowest BCUT2D eigenvalue weighted by Crippen LogP contribution is -2.18. The molecular formula is C25H24FN5O. The van der Waals surface area contributed by atoms with Gasteiger partial charge in [0, 0.05) is 25.7 Å². The molecule has 5 rings (SSSR count). The molecule has 0 radical (unpaired) electrons. The molecule has 1 aliphatic heterocycles. The van der Waals surface area contributed by atoms with E-state index in [4.69, 9.17) is 4.98 Å². The van der Waals surface area contributed by atoms with E-state index in [0.29, 0.717) is 30.2 Å². The third kappa shape index (κ3) is 3.82. The monoisotopic (exact) mass is 429 g/mol. The van der Waals surface area contributed by atoms with Crippen molar-refractivity contribution in [3.05, 3.63) is 99.7 Å². The maximum Gasteiger partial charge on any atom is 0.270 e. The first-order valence-corrected chi connectivity index (χ1v) is 10.8. The molecule has 6 nitrogen and oxygen atoms in total. The van der Waals surface area contributed by atoms with Gasteiger partial charge >= 0.3 is 0 Å². The van der Waals surface area contributed by atoms with Crippen LogP contribution in [0.1, 0.15) is 36.1 Å². The van der Waals surface area contributed by atoms with E-state index >= 15 is 0 Å². The van der Waals surface area contributed by atoms with Crippen LogP contribution < -0.4 is 10.9 Å². The molecule has 2 aromatic carbocycles. The Kier molecular flexibility index (Phi) is 5.31. The van der Waals surface area contributed by atoms with Crippen LogP contribution in [0.2, 0.25) is 0 Å². The van der Waals surface area contributed by atoms with Crippen molar-refractivity contribution in [1.82, 2.24) is 19.3 Å². The molecule has 0 fully saturated rings. The summed E-state index contributed by atoms with van der Waals surface area (Å²) in [6.45, 7) is 3.52. The molecule has 162 valence electrons. The summed E-state index contributed by atoms with van der Waals surface area (Å²) in [5.74, 6) is 0.224. The van der Waals surface area contributed by atoms with Gasteiger partial charge in [0.05, 0.1) is 23.0 Å². The molecule has 1 aliphatic rings. The summed E-state index contributed by atoms with van der Waals surface area (Å²) in [7, 11) is 0. The summed E-state index contributed by atoms with van der Waals surface area (Å²) in [5.41, 5.74) is 4.22. The fourth-order valence-electron chi connectivity index (χ4n) is 4.30. The molecule has 2 aromatic heterocycles. The predicted molar refractivity (Wildman–Crippen MR) is 122 cm³/mol. The molecule has 0 saturated carbocycles. The maximum absolute atomic E-state index is 13.4. The Hall–Kier alpha value is -3.74. The van der Waals surface area contributed by atoms with Gasteiger partial charge in [-0.25, -0.2) is 19.0 Å². The number of aromatic nitrogens is 4. The quantitative estimate of drug-likeness (QED) is 0.493.